The third-order valence-corrected chi connectivity index (χ3v) is 4.73. The number of nitrogens with zero attached hydrogens (tertiary/aromatic N) is 1. The fraction of sp³-hybridized carbons (Fsp3) is 0.929. The van der Waals surface area contributed by atoms with Crippen LogP contribution >= 0.6 is 0 Å². The second-order valence-electron chi connectivity index (χ2n) is 5.76. The van der Waals surface area contributed by atoms with Gasteiger partial charge in [0, 0.05) is 32.1 Å². The molecule has 3 N–H and O–H groups in total. The fourth-order valence-electron chi connectivity index (χ4n) is 3.77. The molecule has 0 aromatic heterocycles. The predicted octanol–water partition coefficient (Wildman–Crippen LogP) is 1.10. The summed E-state index contributed by atoms with van der Waals surface area (Å²) in [6.07, 6.45) is 8.64. The lowest BCUT2D eigenvalue weighted by atomic mass is 9.94. The van der Waals surface area contributed by atoms with E-state index in [9.17, 15) is 4.79 Å². The zero-order valence-electron chi connectivity index (χ0n) is 11.5. The number of hydrogen-bond acceptors (Lipinski definition) is 3. The Morgan fingerprint density at radius 2 is 2.06 bits per heavy atom. The molecule has 2 rings (SSSR count). The molecule has 1 saturated heterocycles. The van der Waals surface area contributed by atoms with Gasteiger partial charge in [-0.15, -0.1) is 0 Å². The zero-order chi connectivity index (χ0) is 13.0. The first-order valence-corrected chi connectivity index (χ1v) is 7.42. The van der Waals surface area contributed by atoms with Crippen LogP contribution in [0.4, 0.5) is 0 Å². The van der Waals surface area contributed by atoms with Crippen LogP contribution in [-0.4, -0.2) is 43.0 Å². The van der Waals surface area contributed by atoms with E-state index in [0.717, 1.165) is 12.5 Å². The molecule has 1 heterocycles. The number of nitrogens with two attached hydrogens (primary N) is 1. The average molecular weight is 253 g/mol. The highest BCUT2D eigenvalue weighted by atomic mass is 16.1. The van der Waals surface area contributed by atoms with Crippen molar-refractivity contribution in [3.8, 4) is 0 Å². The summed E-state index contributed by atoms with van der Waals surface area (Å²) < 4.78 is 0. The predicted molar refractivity (Wildman–Crippen MR) is 73.2 cm³/mol. The van der Waals surface area contributed by atoms with Crippen molar-refractivity contribution in [2.24, 2.45) is 11.7 Å². The summed E-state index contributed by atoms with van der Waals surface area (Å²) in [7, 11) is 1.70. The first kappa shape index (κ1) is 13.8. The van der Waals surface area contributed by atoms with Crippen LogP contribution in [0.3, 0.4) is 0 Å². The summed E-state index contributed by atoms with van der Waals surface area (Å²) in [6, 6.07) is 0.920. The van der Waals surface area contributed by atoms with Gasteiger partial charge in [0.05, 0.1) is 0 Å². The highest BCUT2D eigenvalue weighted by Gasteiger charge is 2.36. The second-order valence-corrected chi connectivity index (χ2v) is 5.76. The van der Waals surface area contributed by atoms with Crippen LogP contribution in [0, 0.1) is 5.92 Å². The minimum Gasteiger partial charge on any atom is -0.359 e. The van der Waals surface area contributed by atoms with Gasteiger partial charge in [0.25, 0.3) is 0 Å². The number of carbonyl (C=O) groups is 1. The SMILES string of the molecule is CNC(=O)CC(CN)N1CCCC1C1CCCC1. The Morgan fingerprint density at radius 3 is 2.67 bits per heavy atom. The van der Waals surface area contributed by atoms with Crippen molar-refractivity contribution in [1.82, 2.24) is 10.2 Å². The Labute approximate surface area is 110 Å². The number of rotatable bonds is 5. The van der Waals surface area contributed by atoms with Gasteiger partial charge in [0.15, 0.2) is 0 Å². The Kier molecular flexibility index (Phi) is 5.01. The van der Waals surface area contributed by atoms with Crippen LogP contribution in [-0.2, 0) is 4.79 Å². The van der Waals surface area contributed by atoms with Crippen molar-refractivity contribution in [1.29, 1.82) is 0 Å². The molecule has 2 aliphatic rings. The molecular formula is C14H27N3O. The van der Waals surface area contributed by atoms with E-state index in [1.165, 1.54) is 38.5 Å². The van der Waals surface area contributed by atoms with Crippen molar-refractivity contribution in [2.75, 3.05) is 20.1 Å². The van der Waals surface area contributed by atoms with E-state index < -0.39 is 0 Å². The average Bonchev–Trinajstić information content (AvgIpc) is 3.04. The number of nitrogens with one attached hydrogen (secondary N) is 1. The number of carbonyl (C=O) groups excluding carboxylic acids is 1. The zero-order valence-corrected chi connectivity index (χ0v) is 11.5. The lowest BCUT2D eigenvalue weighted by Gasteiger charge is -2.35. The largest absolute Gasteiger partial charge is 0.359 e. The minimum absolute atomic E-state index is 0.113. The van der Waals surface area contributed by atoms with Gasteiger partial charge < -0.3 is 11.1 Å². The maximum absolute atomic E-state index is 11.6. The topological polar surface area (TPSA) is 58.4 Å². The monoisotopic (exact) mass is 253 g/mol. The van der Waals surface area contributed by atoms with E-state index in [1.807, 2.05) is 0 Å². The molecule has 0 aromatic rings. The molecule has 2 atom stereocenters. The molecular weight excluding hydrogens is 226 g/mol. The first-order valence-electron chi connectivity index (χ1n) is 7.42. The summed E-state index contributed by atoms with van der Waals surface area (Å²) in [5, 5.41) is 2.72. The van der Waals surface area contributed by atoms with E-state index >= 15 is 0 Å². The van der Waals surface area contributed by atoms with Crippen LogP contribution in [0.5, 0.6) is 0 Å². The molecule has 0 spiro atoms. The Balaban J connectivity index is 1.97. The quantitative estimate of drug-likeness (QED) is 0.771. The molecule has 1 aliphatic heterocycles. The third-order valence-electron chi connectivity index (χ3n) is 4.73. The van der Waals surface area contributed by atoms with Crippen molar-refractivity contribution < 1.29 is 4.79 Å². The number of likely N-dealkylation sites (tertiary alicyclic amines) is 1. The van der Waals surface area contributed by atoms with Gasteiger partial charge >= 0.3 is 0 Å². The van der Waals surface area contributed by atoms with Crippen LogP contribution < -0.4 is 11.1 Å². The van der Waals surface area contributed by atoms with Crippen LogP contribution in [0.2, 0.25) is 0 Å². The van der Waals surface area contributed by atoms with Gasteiger partial charge in [0.2, 0.25) is 5.91 Å². The Bertz CT molecular complexity index is 276. The number of hydrogen-bond donors (Lipinski definition) is 2. The lowest BCUT2D eigenvalue weighted by Crippen LogP contribution is -2.47. The molecule has 1 saturated carbocycles. The Morgan fingerprint density at radius 1 is 1.33 bits per heavy atom. The summed E-state index contributed by atoms with van der Waals surface area (Å²) in [6.45, 7) is 1.72. The maximum atomic E-state index is 11.6. The maximum Gasteiger partial charge on any atom is 0.221 e. The summed E-state index contributed by atoms with van der Waals surface area (Å²) in [5.41, 5.74) is 5.89. The summed E-state index contributed by atoms with van der Waals surface area (Å²) >= 11 is 0. The first-order chi connectivity index (χ1) is 8.76. The molecule has 0 radical (unpaired) electrons. The van der Waals surface area contributed by atoms with Crippen molar-refractivity contribution in [3.63, 3.8) is 0 Å². The molecule has 0 bridgehead atoms. The van der Waals surface area contributed by atoms with Gasteiger partial charge in [-0.05, 0) is 38.1 Å². The van der Waals surface area contributed by atoms with Crippen LogP contribution in [0.1, 0.15) is 44.9 Å². The second kappa shape index (κ2) is 6.53. The van der Waals surface area contributed by atoms with E-state index in [-0.39, 0.29) is 11.9 Å². The molecule has 1 aliphatic carbocycles. The van der Waals surface area contributed by atoms with Gasteiger partial charge in [-0.3, -0.25) is 9.69 Å². The fourth-order valence-corrected chi connectivity index (χ4v) is 3.77. The molecule has 2 unspecified atom stereocenters. The summed E-state index contributed by atoms with van der Waals surface area (Å²) in [4.78, 5) is 14.1. The number of amides is 1. The van der Waals surface area contributed by atoms with E-state index in [2.05, 4.69) is 10.2 Å². The molecule has 1 amide bonds. The third kappa shape index (κ3) is 3.04. The summed E-state index contributed by atoms with van der Waals surface area (Å²) in [5.74, 6) is 0.966. The Hall–Kier alpha value is -0.610. The minimum atomic E-state index is 0.113. The molecule has 104 valence electrons. The van der Waals surface area contributed by atoms with Gasteiger partial charge in [0.1, 0.15) is 0 Å². The smallest absolute Gasteiger partial charge is 0.221 e. The van der Waals surface area contributed by atoms with E-state index in [0.29, 0.717) is 19.0 Å². The van der Waals surface area contributed by atoms with Gasteiger partial charge in [-0.25, -0.2) is 0 Å². The molecule has 18 heavy (non-hydrogen) atoms. The molecule has 4 heteroatoms. The van der Waals surface area contributed by atoms with E-state index in [1.54, 1.807) is 7.05 Å². The van der Waals surface area contributed by atoms with E-state index in [4.69, 9.17) is 5.73 Å². The molecule has 0 aromatic carbocycles. The standard InChI is InChI=1S/C14H27N3O/c1-16-14(18)9-12(10-15)17-8-4-7-13(17)11-5-2-3-6-11/h11-13H,2-10,15H2,1H3,(H,16,18). The highest BCUT2D eigenvalue weighted by molar-refractivity contribution is 5.76. The highest BCUT2D eigenvalue weighted by Crippen LogP contribution is 2.36. The van der Waals surface area contributed by atoms with Crippen LogP contribution in [0.25, 0.3) is 0 Å². The van der Waals surface area contributed by atoms with Gasteiger partial charge in [-0.1, -0.05) is 12.8 Å². The van der Waals surface area contributed by atoms with Crippen molar-refractivity contribution in [2.45, 2.75) is 57.0 Å². The lowest BCUT2D eigenvalue weighted by molar-refractivity contribution is -0.122. The molecule has 4 nitrogen and oxygen atoms in total. The molecule has 2 fully saturated rings. The van der Waals surface area contributed by atoms with Crippen molar-refractivity contribution in [3.05, 3.63) is 0 Å². The van der Waals surface area contributed by atoms with Crippen molar-refractivity contribution >= 4 is 5.91 Å². The van der Waals surface area contributed by atoms with Crippen LogP contribution in [0.15, 0.2) is 0 Å². The normalized spacial score (nSPS) is 27.6. The van der Waals surface area contributed by atoms with Gasteiger partial charge in [-0.2, -0.15) is 0 Å².